The van der Waals surface area contributed by atoms with Gasteiger partial charge in [0.15, 0.2) is 0 Å². The maximum atomic E-state index is 12.9. The summed E-state index contributed by atoms with van der Waals surface area (Å²) in [6, 6.07) is 10.1. The second-order valence-electron chi connectivity index (χ2n) is 6.21. The molecule has 30 heavy (non-hydrogen) atoms. The maximum absolute atomic E-state index is 12.9. The summed E-state index contributed by atoms with van der Waals surface area (Å²) in [5.41, 5.74) is 0.167. The van der Waals surface area contributed by atoms with Gasteiger partial charge in [-0.1, -0.05) is 23.9 Å². The highest BCUT2D eigenvalue weighted by atomic mass is 32.2. The van der Waals surface area contributed by atoms with Gasteiger partial charge in [0.05, 0.1) is 36.5 Å². The molecule has 0 saturated carbocycles. The van der Waals surface area contributed by atoms with Gasteiger partial charge in [-0.15, -0.1) is 0 Å². The third kappa shape index (κ3) is 5.09. The highest BCUT2D eigenvalue weighted by molar-refractivity contribution is 7.99. The minimum atomic E-state index is -3.79. The third-order valence-corrected chi connectivity index (χ3v) is 7.06. The minimum Gasteiger partial charge on any atom is -0.495 e. The van der Waals surface area contributed by atoms with E-state index in [-0.39, 0.29) is 51.6 Å². The van der Waals surface area contributed by atoms with Crippen molar-refractivity contribution in [3.05, 3.63) is 48.0 Å². The van der Waals surface area contributed by atoms with Crippen LogP contribution in [-0.2, 0) is 14.8 Å². The molecule has 1 saturated heterocycles. The quantitative estimate of drug-likeness (QED) is 0.641. The number of morpholine rings is 1. The molecule has 0 aromatic heterocycles. The van der Waals surface area contributed by atoms with Gasteiger partial charge in [0.2, 0.25) is 10.0 Å². The molecule has 2 aromatic carbocycles. The summed E-state index contributed by atoms with van der Waals surface area (Å²) in [7, 11) is -2.41. The van der Waals surface area contributed by atoms with Gasteiger partial charge in [0.25, 0.3) is 11.7 Å². The molecular weight excluding hydrogens is 438 g/mol. The molecule has 0 spiro atoms. The van der Waals surface area contributed by atoms with E-state index in [9.17, 15) is 22.0 Å². The topological polar surface area (TPSA) is 84.9 Å². The van der Waals surface area contributed by atoms with Gasteiger partial charge in [-0.25, -0.2) is 8.42 Å². The first-order valence-corrected chi connectivity index (χ1v) is 11.3. The largest absolute Gasteiger partial charge is 0.495 e. The zero-order chi connectivity index (χ0) is 21.7. The number of methoxy groups -OCH3 is 1. The molecule has 3 rings (SSSR count). The van der Waals surface area contributed by atoms with Crippen LogP contribution in [0.4, 0.5) is 14.5 Å². The monoisotopic (exact) mass is 458 g/mol. The summed E-state index contributed by atoms with van der Waals surface area (Å²) in [5.74, 6) is -3.10. The Morgan fingerprint density at radius 3 is 2.57 bits per heavy atom. The summed E-state index contributed by atoms with van der Waals surface area (Å²) in [4.78, 5) is 12.8. The molecule has 1 heterocycles. The van der Waals surface area contributed by atoms with Crippen LogP contribution in [0.2, 0.25) is 0 Å². The van der Waals surface area contributed by atoms with Crippen LogP contribution in [0, 0.1) is 0 Å². The van der Waals surface area contributed by atoms with Gasteiger partial charge >= 0.3 is 0 Å². The van der Waals surface area contributed by atoms with Crippen LogP contribution in [-0.4, -0.2) is 57.8 Å². The average Bonchev–Trinajstić information content (AvgIpc) is 2.74. The molecule has 0 aliphatic carbocycles. The van der Waals surface area contributed by atoms with Crippen LogP contribution < -0.4 is 10.1 Å². The summed E-state index contributed by atoms with van der Waals surface area (Å²) in [6.45, 7) is 1.07. The Morgan fingerprint density at radius 1 is 1.20 bits per heavy atom. The summed E-state index contributed by atoms with van der Waals surface area (Å²) in [5, 5.41) is 2.58. The van der Waals surface area contributed by atoms with Gasteiger partial charge in [0, 0.05) is 18.0 Å². The predicted octanol–water partition coefficient (Wildman–Crippen LogP) is 3.28. The van der Waals surface area contributed by atoms with Crippen molar-refractivity contribution in [2.45, 2.75) is 15.5 Å². The molecule has 1 aliphatic rings. The van der Waals surface area contributed by atoms with E-state index in [1.54, 1.807) is 12.1 Å². The number of amides is 1. The maximum Gasteiger partial charge on any atom is 0.288 e. The Morgan fingerprint density at radius 2 is 1.90 bits per heavy atom. The highest BCUT2D eigenvalue weighted by Crippen LogP contribution is 2.32. The molecule has 7 nitrogen and oxygen atoms in total. The number of alkyl halides is 2. The van der Waals surface area contributed by atoms with Crippen LogP contribution >= 0.6 is 11.8 Å². The van der Waals surface area contributed by atoms with E-state index in [1.807, 2.05) is 0 Å². The average molecular weight is 459 g/mol. The Hall–Kier alpha value is -2.21. The van der Waals surface area contributed by atoms with Crippen LogP contribution in [0.1, 0.15) is 10.4 Å². The zero-order valence-electron chi connectivity index (χ0n) is 16.0. The third-order valence-electron chi connectivity index (χ3n) is 4.37. The molecule has 1 aliphatic heterocycles. The number of halogens is 2. The van der Waals surface area contributed by atoms with Gasteiger partial charge in [0.1, 0.15) is 5.75 Å². The van der Waals surface area contributed by atoms with Crippen molar-refractivity contribution in [2.24, 2.45) is 0 Å². The van der Waals surface area contributed by atoms with Crippen LogP contribution in [0.15, 0.2) is 52.3 Å². The number of anilines is 1. The van der Waals surface area contributed by atoms with Crippen molar-refractivity contribution in [2.75, 3.05) is 38.7 Å². The molecule has 0 atom stereocenters. The van der Waals surface area contributed by atoms with E-state index < -0.39 is 21.7 Å². The molecule has 2 aromatic rings. The van der Waals surface area contributed by atoms with E-state index in [4.69, 9.17) is 9.47 Å². The molecular formula is C19H20F2N2O5S2. The summed E-state index contributed by atoms with van der Waals surface area (Å²) < 4.78 is 63.1. The Labute approximate surface area is 177 Å². The first-order valence-electron chi connectivity index (χ1n) is 8.94. The molecule has 0 bridgehead atoms. The van der Waals surface area contributed by atoms with E-state index >= 15 is 0 Å². The lowest BCUT2D eigenvalue weighted by atomic mass is 10.2. The van der Waals surface area contributed by atoms with Crippen molar-refractivity contribution in [1.29, 1.82) is 0 Å². The van der Waals surface area contributed by atoms with E-state index in [0.29, 0.717) is 13.2 Å². The number of rotatable bonds is 7. The zero-order valence-corrected chi connectivity index (χ0v) is 17.6. The number of carbonyl (C=O) groups excluding carboxylic acids is 1. The van der Waals surface area contributed by atoms with Crippen LogP contribution in [0.5, 0.6) is 5.75 Å². The lowest BCUT2D eigenvalue weighted by Crippen LogP contribution is -2.40. The van der Waals surface area contributed by atoms with Gasteiger partial charge < -0.3 is 14.8 Å². The van der Waals surface area contributed by atoms with Crippen molar-refractivity contribution >= 4 is 33.4 Å². The number of carbonyl (C=O) groups is 1. The number of hydrogen-bond donors (Lipinski definition) is 1. The Balaban J connectivity index is 1.91. The van der Waals surface area contributed by atoms with E-state index in [0.717, 1.165) is 0 Å². The van der Waals surface area contributed by atoms with Crippen molar-refractivity contribution in [1.82, 2.24) is 4.31 Å². The second-order valence-corrected chi connectivity index (χ2v) is 9.18. The second kappa shape index (κ2) is 9.73. The highest BCUT2D eigenvalue weighted by Gasteiger charge is 2.27. The van der Waals surface area contributed by atoms with Gasteiger partial charge in [-0.3, -0.25) is 4.79 Å². The number of nitrogens with zero attached hydrogens (tertiary/aromatic N) is 1. The Bertz CT molecular complexity index is 1010. The minimum absolute atomic E-state index is 0.0178. The lowest BCUT2D eigenvalue weighted by molar-refractivity contribution is 0.0730. The first kappa shape index (κ1) is 22.5. The van der Waals surface area contributed by atoms with Crippen LogP contribution in [0.3, 0.4) is 0 Å². The molecule has 1 fully saturated rings. The van der Waals surface area contributed by atoms with Crippen LogP contribution in [0.25, 0.3) is 0 Å². The predicted molar refractivity (Wildman–Crippen MR) is 109 cm³/mol. The fraction of sp³-hybridized carbons (Fsp3) is 0.316. The van der Waals surface area contributed by atoms with Gasteiger partial charge in [-0.2, -0.15) is 13.1 Å². The summed E-state index contributed by atoms with van der Waals surface area (Å²) in [6.07, 6.45) is 0. The van der Waals surface area contributed by atoms with E-state index in [1.165, 1.54) is 41.7 Å². The van der Waals surface area contributed by atoms with Crippen molar-refractivity contribution in [3.8, 4) is 5.75 Å². The molecule has 11 heteroatoms. The number of nitrogens with one attached hydrogen (secondary N) is 1. The number of thioether (sulfide) groups is 1. The smallest absolute Gasteiger partial charge is 0.288 e. The van der Waals surface area contributed by atoms with E-state index in [2.05, 4.69) is 5.32 Å². The standard InChI is InChI=1S/C19H20F2N2O5S2/c1-27-16-7-6-13(30(25,26)23-8-10-28-11-9-23)12-15(16)22-18(24)14-4-2-3-5-17(14)29-19(20)21/h2-7,12,19H,8-11H2,1H3,(H,22,24). The molecule has 1 N–H and O–H groups in total. The fourth-order valence-electron chi connectivity index (χ4n) is 2.92. The molecule has 162 valence electrons. The fourth-order valence-corrected chi connectivity index (χ4v) is 5.00. The number of sulfonamides is 1. The number of hydrogen-bond acceptors (Lipinski definition) is 6. The first-order chi connectivity index (χ1) is 14.3. The molecule has 0 unspecified atom stereocenters. The molecule has 1 amide bonds. The normalized spacial score (nSPS) is 15.2. The van der Waals surface area contributed by atoms with Crippen molar-refractivity contribution in [3.63, 3.8) is 0 Å². The lowest BCUT2D eigenvalue weighted by Gasteiger charge is -2.26. The summed E-state index contributed by atoms with van der Waals surface area (Å²) >= 11 is 0.260. The number of ether oxygens (including phenoxy) is 2. The number of benzene rings is 2. The molecule has 0 radical (unpaired) electrons. The van der Waals surface area contributed by atoms with Gasteiger partial charge in [-0.05, 0) is 30.3 Å². The SMILES string of the molecule is COc1ccc(S(=O)(=O)N2CCOCC2)cc1NC(=O)c1ccccc1SC(F)F. The van der Waals surface area contributed by atoms with Crippen molar-refractivity contribution < 1.29 is 31.5 Å². The Kier molecular flexibility index (Phi) is 7.29.